The number of rotatable bonds is 7. The second kappa shape index (κ2) is 7.24. The van der Waals surface area contributed by atoms with Crippen LogP contribution in [0.15, 0.2) is 29.9 Å². The molecule has 0 unspecified atom stereocenters. The number of hydrazine groups is 1. The van der Waals surface area contributed by atoms with Crippen LogP contribution in [0.25, 0.3) is 10.2 Å². The van der Waals surface area contributed by atoms with Gasteiger partial charge in [-0.1, -0.05) is 6.07 Å². The Morgan fingerprint density at radius 1 is 1.25 bits per heavy atom. The summed E-state index contributed by atoms with van der Waals surface area (Å²) in [6.07, 6.45) is 2.23. The van der Waals surface area contributed by atoms with Gasteiger partial charge in [0.25, 0.3) is 0 Å². The van der Waals surface area contributed by atoms with E-state index in [1.807, 2.05) is 18.2 Å². The Morgan fingerprint density at radius 2 is 2.12 bits per heavy atom. The van der Waals surface area contributed by atoms with Gasteiger partial charge in [0.15, 0.2) is 12.1 Å². The molecule has 1 aromatic carbocycles. The van der Waals surface area contributed by atoms with E-state index in [1.54, 1.807) is 19.6 Å². The highest BCUT2D eigenvalue weighted by atomic mass is 32.1. The molecule has 2 heterocycles. The molecule has 0 saturated carbocycles. The summed E-state index contributed by atoms with van der Waals surface area (Å²) in [5.41, 5.74) is 8.35. The third kappa shape index (κ3) is 3.15. The van der Waals surface area contributed by atoms with Crippen molar-refractivity contribution in [2.75, 3.05) is 19.6 Å². The summed E-state index contributed by atoms with van der Waals surface area (Å²) in [6, 6.07) is 5.63. The molecule has 0 aliphatic rings. The van der Waals surface area contributed by atoms with Crippen molar-refractivity contribution in [1.82, 2.24) is 15.4 Å². The summed E-state index contributed by atoms with van der Waals surface area (Å²) >= 11 is 1.42. The van der Waals surface area contributed by atoms with Crippen LogP contribution in [0.4, 0.5) is 5.82 Å². The number of carbonyl (C=O) groups is 1. The Bertz CT molecular complexity index is 866. The summed E-state index contributed by atoms with van der Waals surface area (Å²) in [5, 5.41) is 1.77. The minimum absolute atomic E-state index is 0.518. The zero-order chi connectivity index (χ0) is 16.9. The summed E-state index contributed by atoms with van der Waals surface area (Å²) in [7, 11) is 3.23. The van der Waals surface area contributed by atoms with E-state index in [0.29, 0.717) is 23.4 Å². The fraction of sp³-hybridized carbons (Fsp3) is 0.188. The number of aromatic nitrogens is 2. The number of fused-ring (bicyclic) bond motifs is 1. The number of benzene rings is 1. The molecule has 2 aromatic heterocycles. The quantitative estimate of drug-likeness (QED) is 0.503. The molecule has 7 nitrogen and oxygen atoms in total. The molecule has 0 amide bonds. The molecule has 0 radical (unpaired) electrons. The maximum Gasteiger partial charge on any atom is 0.161 e. The predicted octanol–water partition coefficient (Wildman–Crippen LogP) is 2.64. The van der Waals surface area contributed by atoms with Crippen LogP contribution < -0.4 is 20.3 Å². The topological polar surface area (TPSA) is 85.4 Å². The second-order valence-corrected chi connectivity index (χ2v) is 5.74. The number of hydrogen-bond donors (Lipinski definition) is 2. The first kappa shape index (κ1) is 16.2. The van der Waals surface area contributed by atoms with Gasteiger partial charge in [-0.3, -0.25) is 4.79 Å². The van der Waals surface area contributed by atoms with Crippen molar-refractivity contribution in [1.29, 1.82) is 0 Å². The average molecular weight is 344 g/mol. The maximum atomic E-state index is 11.0. The molecule has 2 N–H and O–H groups in total. The van der Waals surface area contributed by atoms with Gasteiger partial charge in [0.1, 0.15) is 17.8 Å². The van der Waals surface area contributed by atoms with E-state index >= 15 is 0 Å². The number of thiophene rings is 1. The molecule has 8 heteroatoms. The summed E-state index contributed by atoms with van der Waals surface area (Å²) < 4.78 is 11.4. The van der Waals surface area contributed by atoms with Crippen LogP contribution in [0.2, 0.25) is 0 Å². The van der Waals surface area contributed by atoms with Crippen molar-refractivity contribution < 1.29 is 14.3 Å². The molecule has 0 bridgehead atoms. The van der Waals surface area contributed by atoms with Gasteiger partial charge < -0.3 is 14.9 Å². The standard InChI is InChI=1S/C16H16N4O3S/c1-22-12-4-3-10(13(5-12)23-2)6-19-20-16-15-14(17-9-18-16)11(7-21)8-24-15/h3-5,7-9,19H,6H2,1-2H3,(H,17,18,20). The van der Waals surface area contributed by atoms with Gasteiger partial charge in [0.2, 0.25) is 0 Å². The molecular weight excluding hydrogens is 328 g/mol. The third-order valence-corrected chi connectivity index (χ3v) is 4.48. The van der Waals surface area contributed by atoms with E-state index in [2.05, 4.69) is 20.8 Å². The lowest BCUT2D eigenvalue weighted by molar-refractivity contribution is 0.112. The van der Waals surface area contributed by atoms with Crippen LogP contribution in [-0.4, -0.2) is 30.5 Å². The summed E-state index contributed by atoms with van der Waals surface area (Å²) in [4.78, 5) is 19.4. The molecule has 0 aliphatic heterocycles. The molecule has 3 rings (SSSR count). The van der Waals surface area contributed by atoms with Crippen LogP contribution in [0.3, 0.4) is 0 Å². The van der Waals surface area contributed by atoms with Crippen molar-refractivity contribution in [2.24, 2.45) is 0 Å². The van der Waals surface area contributed by atoms with Crippen molar-refractivity contribution in [3.8, 4) is 11.5 Å². The van der Waals surface area contributed by atoms with E-state index in [1.165, 1.54) is 17.7 Å². The highest BCUT2D eigenvalue weighted by Gasteiger charge is 2.10. The first-order valence-electron chi connectivity index (χ1n) is 7.14. The zero-order valence-corrected chi connectivity index (χ0v) is 14.0. The van der Waals surface area contributed by atoms with Crippen molar-refractivity contribution >= 4 is 33.7 Å². The molecule has 124 valence electrons. The van der Waals surface area contributed by atoms with Gasteiger partial charge >= 0.3 is 0 Å². The highest BCUT2D eigenvalue weighted by molar-refractivity contribution is 7.18. The van der Waals surface area contributed by atoms with E-state index in [0.717, 1.165) is 28.0 Å². The first-order chi connectivity index (χ1) is 11.8. The third-order valence-electron chi connectivity index (χ3n) is 3.49. The van der Waals surface area contributed by atoms with Crippen molar-refractivity contribution in [3.63, 3.8) is 0 Å². The van der Waals surface area contributed by atoms with Gasteiger partial charge in [0, 0.05) is 23.6 Å². The van der Waals surface area contributed by atoms with Gasteiger partial charge in [-0.05, 0) is 6.07 Å². The molecule has 24 heavy (non-hydrogen) atoms. The highest BCUT2D eigenvalue weighted by Crippen LogP contribution is 2.28. The number of methoxy groups -OCH3 is 2. The van der Waals surface area contributed by atoms with E-state index in [4.69, 9.17) is 9.47 Å². The molecule has 0 spiro atoms. The molecule has 0 aliphatic carbocycles. The van der Waals surface area contributed by atoms with Crippen molar-refractivity contribution in [2.45, 2.75) is 6.54 Å². The van der Waals surface area contributed by atoms with Crippen LogP contribution in [-0.2, 0) is 6.54 Å². The smallest absolute Gasteiger partial charge is 0.161 e. The van der Waals surface area contributed by atoms with Gasteiger partial charge in [-0.2, -0.15) is 0 Å². The maximum absolute atomic E-state index is 11.0. The lowest BCUT2D eigenvalue weighted by Gasteiger charge is -2.12. The number of aldehydes is 1. The number of anilines is 1. The lowest BCUT2D eigenvalue weighted by Crippen LogP contribution is -2.22. The SMILES string of the molecule is COc1ccc(CNNc2ncnc3c(C=O)csc23)c(OC)c1. The molecule has 3 aromatic rings. The van der Waals surface area contributed by atoms with Crippen LogP contribution in [0.1, 0.15) is 15.9 Å². The minimum atomic E-state index is 0.518. The lowest BCUT2D eigenvalue weighted by atomic mass is 10.2. The summed E-state index contributed by atoms with van der Waals surface area (Å²) in [5.74, 6) is 2.10. The Balaban J connectivity index is 1.73. The fourth-order valence-corrected chi connectivity index (χ4v) is 3.17. The second-order valence-electron chi connectivity index (χ2n) is 4.87. The molecule has 0 saturated heterocycles. The zero-order valence-electron chi connectivity index (χ0n) is 13.2. The van der Waals surface area contributed by atoms with Crippen LogP contribution >= 0.6 is 11.3 Å². The monoisotopic (exact) mass is 344 g/mol. The number of nitrogens with one attached hydrogen (secondary N) is 2. The number of carbonyl (C=O) groups excluding carboxylic acids is 1. The summed E-state index contributed by atoms with van der Waals surface area (Å²) in [6.45, 7) is 0.518. The minimum Gasteiger partial charge on any atom is -0.497 e. The van der Waals surface area contributed by atoms with Gasteiger partial charge in [-0.25, -0.2) is 15.4 Å². The van der Waals surface area contributed by atoms with E-state index in [9.17, 15) is 4.79 Å². The van der Waals surface area contributed by atoms with E-state index < -0.39 is 0 Å². The van der Waals surface area contributed by atoms with Crippen molar-refractivity contribution in [3.05, 3.63) is 41.0 Å². The molecule has 0 fully saturated rings. The van der Waals surface area contributed by atoms with Crippen LogP contribution in [0, 0.1) is 0 Å². The molecular formula is C16H16N4O3S. The number of hydrogen-bond acceptors (Lipinski definition) is 8. The Labute approximate surface area is 142 Å². The average Bonchev–Trinajstić information content (AvgIpc) is 3.06. The van der Waals surface area contributed by atoms with Gasteiger partial charge in [-0.15, -0.1) is 11.3 Å². The van der Waals surface area contributed by atoms with Crippen LogP contribution in [0.5, 0.6) is 11.5 Å². The molecule has 0 atom stereocenters. The Kier molecular flexibility index (Phi) is 4.88. The predicted molar refractivity (Wildman–Crippen MR) is 92.8 cm³/mol. The Hall–Kier alpha value is -2.71. The number of ether oxygens (including phenoxy) is 2. The van der Waals surface area contributed by atoms with Gasteiger partial charge in [0.05, 0.1) is 30.0 Å². The first-order valence-corrected chi connectivity index (χ1v) is 8.02. The van der Waals surface area contributed by atoms with E-state index in [-0.39, 0.29) is 0 Å². The Morgan fingerprint density at radius 3 is 2.88 bits per heavy atom. The largest absolute Gasteiger partial charge is 0.497 e. The number of nitrogens with zero attached hydrogens (tertiary/aromatic N) is 2. The fourth-order valence-electron chi connectivity index (χ4n) is 2.26. The normalized spacial score (nSPS) is 10.6.